The number of anilines is 1. The number of aryl methyl sites for hydroxylation is 1. The van der Waals surface area contributed by atoms with Crippen LogP contribution < -0.4 is 10.5 Å². The van der Waals surface area contributed by atoms with Gasteiger partial charge in [-0.2, -0.15) is 5.10 Å². The zero-order valence-corrected chi connectivity index (χ0v) is 15.6. The third kappa shape index (κ3) is 3.24. The zero-order chi connectivity index (χ0) is 19.0. The van der Waals surface area contributed by atoms with E-state index < -0.39 is 0 Å². The highest BCUT2D eigenvalue weighted by Crippen LogP contribution is 2.38. The number of hydrogen-bond donors (Lipinski definition) is 1. The topological polar surface area (TPSA) is 105 Å². The molecule has 0 unspecified atom stereocenters. The smallest absolute Gasteiger partial charge is 0.188 e. The van der Waals surface area contributed by atoms with E-state index >= 15 is 0 Å². The Labute approximate surface area is 164 Å². The van der Waals surface area contributed by atoms with Gasteiger partial charge in [0.1, 0.15) is 30.6 Å². The summed E-state index contributed by atoms with van der Waals surface area (Å²) >= 11 is 12.5. The van der Waals surface area contributed by atoms with E-state index in [0.29, 0.717) is 43.8 Å². The maximum atomic E-state index is 6.35. The predicted molar refractivity (Wildman–Crippen MR) is 103 cm³/mol. The molecule has 0 amide bonds. The maximum Gasteiger partial charge on any atom is 0.188 e. The van der Waals surface area contributed by atoms with Crippen LogP contribution in [-0.2, 0) is 13.7 Å². The van der Waals surface area contributed by atoms with Crippen LogP contribution in [-0.4, -0.2) is 29.7 Å². The molecule has 0 aliphatic carbocycles. The molecule has 4 rings (SSSR count). The molecule has 4 aromatic rings. The number of benzene rings is 1. The van der Waals surface area contributed by atoms with Gasteiger partial charge in [0.25, 0.3) is 0 Å². The molecule has 3 aromatic heterocycles. The van der Waals surface area contributed by atoms with Crippen LogP contribution in [0.15, 0.2) is 37.1 Å². The van der Waals surface area contributed by atoms with Gasteiger partial charge in [-0.05, 0) is 6.07 Å². The number of rotatable bonds is 4. The van der Waals surface area contributed by atoms with Gasteiger partial charge < -0.3 is 10.5 Å². The van der Waals surface area contributed by atoms with Crippen molar-refractivity contribution in [1.29, 1.82) is 0 Å². The summed E-state index contributed by atoms with van der Waals surface area (Å²) in [6, 6.07) is 5.31. The number of halogens is 2. The van der Waals surface area contributed by atoms with E-state index in [0.717, 1.165) is 0 Å². The van der Waals surface area contributed by atoms with E-state index in [1.807, 2.05) is 6.07 Å². The van der Waals surface area contributed by atoms with Gasteiger partial charge in [-0.1, -0.05) is 35.3 Å². The summed E-state index contributed by atoms with van der Waals surface area (Å²) in [6.07, 6.45) is 4.51. The lowest BCUT2D eigenvalue weighted by Gasteiger charge is -2.12. The van der Waals surface area contributed by atoms with Gasteiger partial charge in [0.2, 0.25) is 0 Å². The van der Waals surface area contributed by atoms with E-state index in [9.17, 15) is 0 Å². The molecule has 27 heavy (non-hydrogen) atoms. The number of nitrogens with zero attached hydrogens (tertiary/aromatic N) is 6. The average Bonchev–Trinajstić information content (AvgIpc) is 3.08. The zero-order valence-electron chi connectivity index (χ0n) is 14.1. The molecule has 2 N–H and O–H groups in total. The molecule has 8 nitrogen and oxygen atoms in total. The Hall–Kier alpha value is -2.97. The van der Waals surface area contributed by atoms with Crippen LogP contribution in [0.3, 0.4) is 0 Å². The normalized spacial score (nSPS) is 11.1. The minimum absolute atomic E-state index is 0.156. The fraction of sp³-hybridized carbons (Fsp3) is 0.118. The van der Waals surface area contributed by atoms with Gasteiger partial charge >= 0.3 is 0 Å². The van der Waals surface area contributed by atoms with Crippen molar-refractivity contribution >= 4 is 39.9 Å². The van der Waals surface area contributed by atoms with Crippen molar-refractivity contribution in [3.63, 3.8) is 0 Å². The highest BCUT2D eigenvalue weighted by molar-refractivity contribution is 6.43. The molecule has 0 spiro atoms. The molecule has 0 saturated carbocycles. The maximum absolute atomic E-state index is 6.35. The van der Waals surface area contributed by atoms with E-state index in [1.165, 1.54) is 6.33 Å². The lowest BCUT2D eigenvalue weighted by molar-refractivity contribution is 0.298. The predicted octanol–water partition coefficient (Wildman–Crippen LogP) is 3.29. The molecule has 10 heteroatoms. The summed E-state index contributed by atoms with van der Waals surface area (Å²) in [7, 11) is 1.78. The van der Waals surface area contributed by atoms with Crippen molar-refractivity contribution in [3.05, 3.63) is 52.9 Å². The van der Waals surface area contributed by atoms with Crippen LogP contribution in [0, 0.1) is 0 Å². The van der Waals surface area contributed by atoms with Gasteiger partial charge in [0.15, 0.2) is 11.6 Å². The molecule has 0 atom stereocenters. The summed E-state index contributed by atoms with van der Waals surface area (Å²) in [5.74, 6) is 1.23. The molecule has 0 fully saturated rings. The van der Waals surface area contributed by atoms with E-state index in [4.69, 9.17) is 33.7 Å². The Morgan fingerprint density at radius 1 is 1.15 bits per heavy atom. The van der Waals surface area contributed by atoms with Crippen LogP contribution in [0.2, 0.25) is 10.0 Å². The Morgan fingerprint density at radius 2 is 2.00 bits per heavy atom. The van der Waals surface area contributed by atoms with Crippen LogP contribution >= 0.6 is 23.2 Å². The van der Waals surface area contributed by atoms with Gasteiger partial charge in [0, 0.05) is 12.6 Å². The van der Waals surface area contributed by atoms with Crippen LogP contribution in [0.4, 0.5) is 5.82 Å². The highest BCUT2D eigenvalue weighted by atomic mass is 35.5. The molecule has 0 radical (unpaired) electrons. The quantitative estimate of drug-likeness (QED) is 0.559. The Bertz CT molecular complexity index is 1150. The number of fused-ring (bicyclic) bond motifs is 1. The molecular weight excluding hydrogens is 389 g/mol. The largest absolute Gasteiger partial charge is 0.483 e. The average molecular weight is 402 g/mol. The standard InChI is InChI=1S/C17H13Cl2N7O/c1-26-8-24-12(25-26)6-27-11-5-21-15(9-3-2-4-10(18)14(9)19)16-13(11)17(20)23-7-22-16/h2-5,7-8H,6H2,1H3,(H2,20,22,23). The first-order valence-corrected chi connectivity index (χ1v) is 8.61. The van der Waals surface area contributed by atoms with Crippen molar-refractivity contribution in [2.75, 3.05) is 5.73 Å². The minimum atomic E-state index is 0.156. The van der Waals surface area contributed by atoms with Crippen LogP contribution in [0.5, 0.6) is 5.75 Å². The number of hydrogen-bond acceptors (Lipinski definition) is 7. The molecule has 0 bridgehead atoms. The van der Waals surface area contributed by atoms with Gasteiger partial charge in [-0.3, -0.25) is 4.68 Å². The summed E-state index contributed by atoms with van der Waals surface area (Å²) in [4.78, 5) is 17.0. The Kier molecular flexibility index (Phi) is 4.51. The second-order valence-corrected chi connectivity index (χ2v) is 6.46. The Morgan fingerprint density at radius 3 is 2.78 bits per heavy atom. The van der Waals surface area contributed by atoms with Crippen molar-refractivity contribution in [2.24, 2.45) is 7.05 Å². The lowest BCUT2D eigenvalue weighted by atomic mass is 10.1. The second kappa shape index (κ2) is 6.98. The minimum Gasteiger partial charge on any atom is -0.483 e. The van der Waals surface area contributed by atoms with Gasteiger partial charge in [-0.25, -0.2) is 19.9 Å². The number of ether oxygens (including phenoxy) is 1. The number of aromatic nitrogens is 6. The van der Waals surface area contributed by atoms with Crippen molar-refractivity contribution in [1.82, 2.24) is 29.7 Å². The first-order chi connectivity index (χ1) is 13.0. The highest BCUT2D eigenvalue weighted by Gasteiger charge is 2.18. The van der Waals surface area contributed by atoms with Gasteiger partial charge in [0.05, 0.1) is 27.3 Å². The van der Waals surface area contributed by atoms with Gasteiger partial charge in [-0.15, -0.1) is 0 Å². The fourth-order valence-electron chi connectivity index (χ4n) is 2.66. The summed E-state index contributed by atoms with van der Waals surface area (Å²) in [6.45, 7) is 0.156. The summed E-state index contributed by atoms with van der Waals surface area (Å²) < 4.78 is 7.42. The Balaban J connectivity index is 1.82. The van der Waals surface area contributed by atoms with E-state index in [2.05, 4.69) is 25.0 Å². The van der Waals surface area contributed by atoms with E-state index in [-0.39, 0.29) is 12.4 Å². The second-order valence-electron chi connectivity index (χ2n) is 5.68. The third-order valence-corrected chi connectivity index (χ3v) is 4.69. The van der Waals surface area contributed by atoms with Crippen molar-refractivity contribution < 1.29 is 4.74 Å². The monoisotopic (exact) mass is 401 g/mol. The molecule has 0 aliphatic heterocycles. The number of pyridine rings is 1. The fourth-order valence-corrected chi connectivity index (χ4v) is 3.05. The van der Waals surface area contributed by atoms with Crippen LogP contribution in [0.1, 0.15) is 5.82 Å². The molecule has 0 aliphatic rings. The lowest BCUT2D eigenvalue weighted by Crippen LogP contribution is -2.03. The summed E-state index contributed by atoms with van der Waals surface area (Å²) in [5, 5.41) is 5.53. The molecule has 1 aromatic carbocycles. The molecule has 3 heterocycles. The van der Waals surface area contributed by atoms with Crippen molar-refractivity contribution in [2.45, 2.75) is 6.61 Å². The molecule has 136 valence electrons. The molecule has 0 saturated heterocycles. The first kappa shape index (κ1) is 17.4. The summed E-state index contributed by atoms with van der Waals surface area (Å²) in [5.41, 5.74) is 7.78. The SMILES string of the molecule is Cn1cnc(COc2cnc(-c3cccc(Cl)c3Cl)c3ncnc(N)c23)n1. The number of nitrogens with two attached hydrogens (primary N) is 1. The number of nitrogen functional groups attached to an aromatic ring is 1. The third-order valence-electron chi connectivity index (χ3n) is 3.87. The van der Waals surface area contributed by atoms with Crippen molar-refractivity contribution in [3.8, 4) is 17.0 Å². The first-order valence-electron chi connectivity index (χ1n) is 7.85. The van der Waals surface area contributed by atoms with Crippen LogP contribution in [0.25, 0.3) is 22.2 Å². The van der Waals surface area contributed by atoms with E-state index in [1.54, 1.807) is 36.4 Å². The molecular formula is C17H13Cl2N7O.